The third kappa shape index (κ3) is 4.73. The lowest BCUT2D eigenvalue weighted by Gasteiger charge is -2.43. The standard InChI is InChI=1S/C24H26Cl2FN3O3/c1-30(23(32)33-18-5-3-17(27)4-6-18)24(22(31)15-8-10-28-11-9-15)14-29-13-19(24)16-2-7-20(25)21(26)12-16/h2-7,12,15,19,28-29H,8-11,13-14H2,1H3/t19-,24+/m0/s1. The van der Waals surface area contributed by atoms with Crippen LogP contribution in [0.2, 0.25) is 10.0 Å². The first kappa shape index (κ1) is 24.0. The fourth-order valence-corrected chi connectivity index (χ4v) is 5.18. The quantitative estimate of drug-likeness (QED) is 0.651. The maximum atomic E-state index is 14.1. The molecular formula is C24H26Cl2FN3O3. The highest BCUT2D eigenvalue weighted by Crippen LogP contribution is 2.42. The Labute approximate surface area is 202 Å². The third-order valence-electron chi connectivity index (χ3n) is 6.69. The first-order valence-electron chi connectivity index (χ1n) is 10.9. The van der Waals surface area contributed by atoms with E-state index in [1.54, 1.807) is 19.2 Å². The molecule has 0 radical (unpaired) electrons. The molecule has 0 aliphatic carbocycles. The highest BCUT2D eigenvalue weighted by Gasteiger charge is 2.56. The van der Waals surface area contributed by atoms with Gasteiger partial charge in [0, 0.05) is 32.0 Å². The molecule has 0 aromatic heterocycles. The fourth-order valence-electron chi connectivity index (χ4n) is 4.87. The smallest absolute Gasteiger partial charge is 0.410 e. The minimum atomic E-state index is -1.17. The normalized spacial score (nSPS) is 23.3. The van der Waals surface area contributed by atoms with Gasteiger partial charge in [0.25, 0.3) is 0 Å². The summed E-state index contributed by atoms with van der Waals surface area (Å²) < 4.78 is 18.8. The first-order valence-corrected chi connectivity index (χ1v) is 11.7. The molecule has 0 bridgehead atoms. The number of rotatable bonds is 5. The summed E-state index contributed by atoms with van der Waals surface area (Å²) in [7, 11) is 1.59. The highest BCUT2D eigenvalue weighted by molar-refractivity contribution is 6.42. The van der Waals surface area contributed by atoms with E-state index < -0.39 is 17.4 Å². The summed E-state index contributed by atoms with van der Waals surface area (Å²) in [5.74, 6) is -0.753. The average molecular weight is 494 g/mol. The van der Waals surface area contributed by atoms with Crippen LogP contribution >= 0.6 is 23.2 Å². The van der Waals surface area contributed by atoms with Crippen LogP contribution in [0, 0.1) is 11.7 Å². The summed E-state index contributed by atoms with van der Waals surface area (Å²) in [5.41, 5.74) is -0.353. The zero-order valence-electron chi connectivity index (χ0n) is 18.2. The van der Waals surface area contributed by atoms with Gasteiger partial charge < -0.3 is 15.4 Å². The molecule has 2 aliphatic rings. The number of nitrogens with one attached hydrogen (secondary N) is 2. The number of Topliss-reactive ketones (excluding diaryl/α,β-unsaturated/α-hetero) is 1. The summed E-state index contributed by atoms with van der Waals surface area (Å²) in [6, 6.07) is 10.5. The molecule has 0 unspecified atom stereocenters. The number of benzene rings is 2. The van der Waals surface area contributed by atoms with Crippen LogP contribution < -0.4 is 15.4 Å². The topological polar surface area (TPSA) is 70.7 Å². The lowest BCUT2D eigenvalue weighted by molar-refractivity contribution is -0.134. The predicted molar refractivity (Wildman–Crippen MR) is 126 cm³/mol. The largest absolute Gasteiger partial charge is 0.415 e. The summed E-state index contributed by atoms with van der Waals surface area (Å²) in [4.78, 5) is 28.7. The first-order chi connectivity index (χ1) is 15.8. The van der Waals surface area contributed by atoms with Crippen LogP contribution in [-0.2, 0) is 4.79 Å². The van der Waals surface area contributed by atoms with Gasteiger partial charge in [-0.2, -0.15) is 0 Å². The van der Waals surface area contributed by atoms with Crippen molar-refractivity contribution in [3.63, 3.8) is 0 Å². The van der Waals surface area contributed by atoms with Gasteiger partial charge in [0.2, 0.25) is 0 Å². The van der Waals surface area contributed by atoms with Crippen molar-refractivity contribution in [3.8, 4) is 5.75 Å². The Bertz CT molecular complexity index is 1030. The van der Waals surface area contributed by atoms with Crippen LogP contribution in [0.3, 0.4) is 0 Å². The van der Waals surface area contributed by atoms with Crippen molar-refractivity contribution in [1.82, 2.24) is 15.5 Å². The lowest BCUT2D eigenvalue weighted by Crippen LogP contribution is -2.62. The Morgan fingerprint density at radius 3 is 2.42 bits per heavy atom. The number of hydrogen-bond acceptors (Lipinski definition) is 5. The Morgan fingerprint density at radius 1 is 1.06 bits per heavy atom. The van der Waals surface area contributed by atoms with Crippen molar-refractivity contribution < 1.29 is 18.7 Å². The third-order valence-corrected chi connectivity index (χ3v) is 7.43. The second kappa shape index (κ2) is 9.97. The molecule has 176 valence electrons. The van der Waals surface area contributed by atoms with Gasteiger partial charge in [0.15, 0.2) is 5.78 Å². The van der Waals surface area contributed by atoms with Crippen molar-refractivity contribution in [1.29, 1.82) is 0 Å². The van der Waals surface area contributed by atoms with E-state index in [2.05, 4.69) is 10.6 Å². The SMILES string of the molecule is CN(C(=O)Oc1ccc(F)cc1)[C@]1(C(=O)C2CCNCC2)CNC[C@H]1c1ccc(Cl)c(Cl)c1. The molecule has 2 fully saturated rings. The number of likely N-dealkylation sites (N-methyl/N-ethyl adjacent to an activating group) is 1. The summed E-state index contributed by atoms with van der Waals surface area (Å²) in [6.45, 7) is 2.28. The number of ketones is 1. The van der Waals surface area contributed by atoms with E-state index in [-0.39, 0.29) is 29.9 Å². The number of ether oxygens (including phenoxy) is 1. The molecule has 2 aromatic carbocycles. The Balaban J connectivity index is 1.71. The Morgan fingerprint density at radius 2 is 1.76 bits per heavy atom. The van der Waals surface area contributed by atoms with E-state index in [1.165, 1.54) is 29.2 Å². The predicted octanol–water partition coefficient (Wildman–Crippen LogP) is 4.26. The molecule has 2 atom stereocenters. The Kier molecular flexibility index (Phi) is 7.24. The molecule has 4 rings (SSSR count). The summed E-state index contributed by atoms with van der Waals surface area (Å²) in [5, 5.41) is 7.41. The van der Waals surface area contributed by atoms with Gasteiger partial charge in [0.1, 0.15) is 17.1 Å². The van der Waals surface area contributed by atoms with Gasteiger partial charge in [-0.15, -0.1) is 0 Å². The molecule has 2 aromatic rings. The molecular weight excluding hydrogens is 468 g/mol. The molecule has 1 amide bonds. The highest BCUT2D eigenvalue weighted by atomic mass is 35.5. The van der Waals surface area contributed by atoms with Crippen molar-refractivity contribution in [2.75, 3.05) is 33.2 Å². The number of carbonyl (C=O) groups is 2. The van der Waals surface area contributed by atoms with Gasteiger partial charge in [0.05, 0.1) is 10.0 Å². The van der Waals surface area contributed by atoms with Gasteiger partial charge in [-0.05, 0) is 67.9 Å². The van der Waals surface area contributed by atoms with Crippen LogP contribution in [0.1, 0.15) is 24.3 Å². The number of nitrogens with zero attached hydrogens (tertiary/aromatic N) is 1. The van der Waals surface area contributed by atoms with Crippen LogP contribution in [-0.4, -0.2) is 55.5 Å². The number of carbonyl (C=O) groups excluding carboxylic acids is 2. The monoisotopic (exact) mass is 493 g/mol. The van der Waals surface area contributed by atoms with Gasteiger partial charge >= 0.3 is 6.09 Å². The summed E-state index contributed by atoms with van der Waals surface area (Å²) >= 11 is 12.4. The molecule has 2 heterocycles. The van der Waals surface area contributed by atoms with Crippen molar-refractivity contribution in [2.24, 2.45) is 5.92 Å². The minimum Gasteiger partial charge on any atom is -0.410 e. The fraction of sp³-hybridized carbons (Fsp3) is 0.417. The number of amides is 1. The molecule has 0 saturated carbocycles. The van der Waals surface area contributed by atoms with Crippen LogP contribution in [0.25, 0.3) is 0 Å². The van der Waals surface area contributed by atoms with Gasteiger partial charge in [-0.1, -0.05) is 29.3 Å². The molecule has 0 spiro atoms. The van der Waals surface area contributed by atoms with Crippen LogP contribution in [0.5, 0.6) is 5.75 Å². The van der Waals surface area contributed by atoms with Crippen molar-refractivity contribution in [3.05, 3.63) is 63.9 Å². The second-order valence-electron chi connectivity index (χ2n) is 8.55. The number of piperidine rings is 1. The average Bonchev–Trinajstić information content (AvgIpc) is 3.28. The van der Waals surface area contributed by atoms with Crippen LogP contribution in [0.15, 0.2) is 42.5 Å². The maximum Gasteiger partial charge on any atom is 0.415 e. The zero-order valence-corrected chi connectivity index (χ0v) is 19.8. The van der Waals surface area contributed by atoms with E-state index in [0.29, 0.717) is 29.4 Å². The van der Waals surface area contributed by atoms with E-state index >= 15 is 0 Å². The van der Waals surface area contributed by atoms with Gasteiger partial charge in [-0.25, -0.2) is 9.18 Å². The molecule has 2 saturated heterocycles. The van der Waals surface area contributed by atoms with Gasteiger partial charge in [-0.3, -0.25) is 9.69 Å². The molecule has 33 heavy (non-hydrogen) atoms. The molecule has 2 N–H and O–H groups in total. The molecule has 6 nitrogen and oxygen atoms in total. The molecule has 2 aliphatic heterocycles. The van der Waals surface area contributed by atoms with Crippen molar-refractivity contribution in [2.45, 2.75) is 24.3 Å². The van der Waals surface area contributed by atoms with E-state index in [9.17, 15) is 14.0 Å². The van der Waals surface area contributed by atoms with E-state index in [4.69, 9.17) is 27.9 Å². The lowest BCUT2D eigenvalue weighted by atomic mass is 9.72. The zero-order chi connectivity index (χ0) is 23.6. The van der Waals surface area contributed by atoms with Crippen molar-refractivity contribution >= 4 is 35.1 Å². The number of hydrogen-bond donors (Lipinski definition) is 2. The van der Waals surface area contributed by atoms with E-state index in [1.807, 2.05) is 6.07 Å². The van der Waals surface area contributed by atoms with E-state index in [0.717, 1.165) is 18.7 Å². The van der Waals surface area contributed by atoms with Crippen LogP contribution in [0.4, 0.5) is 9.18 Å². The molecule has 9 heteroatoms. The summed E-state index contributed by atoms with van der Waals surface area (Å²) in [6.07, 6.45) is 0.725. The Hall–Kier alpha value is -2.19. The minimum absolute atomic E-state index is 0.00336. The second-order valence-corrected chi connectivity index (χ2v) is 9.37. The maximum absolute atomic E-state index is 14.1. The number of halogens is 3.